The second kappa shape index (κ2) is 5.58. The van der Waals surface area contributed by atoms with Crippen molar-refractivity contribution in [2.45, 2.75) is 33.1 Å². The Morgan fingerprint density at radius 1 is 1.36 bits per heavy atom. The van der Waals surface area contributed by atoms with E-state index in [2.05, 4.69) is 6.08 Å². The number of halogens is 1. The van der Waals surface area contributed by atoms with Crippen LogP contribution in [-0.2, 0) is 12.8 Å². The largest absolute Gasteiger partial charge is 0.207 e. The van der Waals surface area contributed by atoms with Crippen LogP contribution in [0.1, 0.15) is 31.4 Å². The molecule has 1 aromatic rings. The lowest BCUT2D eigenvalue weighted by molar-refractivity contribution is 0.609. The number of benzene rings is 1. The molecule has 0 bridgehead atoms. The molecule has 0 atom stereocenters. The molecule has 0 aliphatic carbocycles. The maximum absolute atomic E-state index is 13.3. The quantitative estimate of drug-likeness (QED) is 0.635. The second-order valence-corrected chi connectivity index (χ2v) is 3.39. The molecule has 76 valence electrons. The molecule has 0 radical (unpaired) electrons. The van der Waals surface area contributed by atoms with Gasteiger partial charge in [-0.1, -0.05) is 31.2 Å². The zero-order valence-corrected chi connectivity index (χ0v) is 8.89. The van der Waals surface area contributed by atoms with Crippen molar-refractivity contribution < 1.29 is 4.39 Å². The minimum Gasteiger partial charge on any atom is -0.207 e. The van der Waals surface area contributed by atoms with Crippen LogP contribution in [0.3, 0.4) is 0 Å². The van der Waals surface area contributed by atoms with E-state index >= 15 is 0 Å². The van der Waals surface area contributed by atoms with Crippen LogP contribution in [0.4, 0.5) is 4.39 Å². The minimum atomic E-state index is -0.0644. The van der Waals surface area contributed by atoms with Crippen LogP contribution in [0.15, 0.2) is 30.4 Å². The van der Waals surface area contributed by atoms with Gasteiger partial charge in [0.05, 0.1) is 0 Å². The van der Waals surface area contributed by atoms with Gasteiger partial charge in [0.2, 0.25) is 0 Å². The van der Waals surface area contributed by atoms with E-state index in [1.165, 1.54) is 0 Å². The van der Waals surface area contributed by atoms with E-state index in [9.17, 15) is 4.39 Å². The molecule has 0 N–H and O–H groups in total. The van der Waals surface area contributed by atoms with Crippen molar-refractivity contribution in [2.75, 3.05) is 0 Å². The van der Waals surface area contributed by atoms with Crippen molar-refractivity contribution in [1.82, 2.24) is 0 Å². The van der Waals surface area contributed by atoms with Crippen molar-refractivity contribution in [3.05, 3.63) is 47.3 Å². The molecule has 0 nitrogen and oxygen atoms in total. The molecule has 0 unspecified atom stereocenters. The summed E-state index contributed by atoms with van der Waals surface area (Å²) in [6.45, 7) is 3.97. The lowest BCUT2D eigenvalue weighted by atomic mass is 10.1. The Hall–Kier alpha value is -1.11. The monoisotopic (exact) mass is 192 g/mol. The number of hydrogen-bond donors (Lipinski definition) is 0. The third-order valence-corrected chi connectivity index (χ3v) is 2.33. The Balaban J connectivity index is 2.66. The van der Waals surface area contributed by atoms with Gasteiger partial charge in [-0.05, 0) is 43.4 Å². The first kappa shape index (κ1) is 11.0. The van der Waals surface area contributed by atoms with Gasteiger partial charge in [-0.15, -0.1) is 0 Å². The number of aryl methyl sites for hydroxylation is 2. The molecule has 0 aliphatic heterocycles. The van der Waals surface area contributed by atoms with Gasteiger partial charge < -0.3 is 0 Å². The molecule has 1 aromatic carbocycles. The summed E-state index contributed by atoms with van der Waals surface area (Å²) in [5.74, 6) is -0.0644. The highest BCUT2D eigenvalue weighted by atomic mass is 19.1. The van der Waals surface area contributed by atoms with E-state index in [0.717, 1.165) is 30.4 Å². The molecule has 0 heterocycles. The summed E-state index contributed by atoms with van der Waals surface area (Å²) in [4.78, 5) is 0. The lowest BCUT2D eigenvalue weighted by Crippen LogP contribution is -1.91. The van der Waals surface area contributed by atoms with Crippen LogP contribution in [0.2, 0.25) is 0 Å². The van der Waals surface area contributed by atoms with E-state index in [1.807, 2.05) is 32.1 Å². The average Bonchev–Trinajstić information content (AvgIpc) is 2.18. The highest BCUT2D eigenvalue weighted by Gasteiger charge is 2.00. The predicted molar refractivity (Wildman–Crippen MR) is 58.9 cm³/mol. The third-order valence-electron chi connectivity index (χ3n) is 2.33. The number of rotatable bonds is 4. The molecule has 0 saturated carbocycles. The second-order valence-electron chi connectivity index (χ2n) is 3.39. The molecule has 0 fully saturated rings. The molecule has 14 heavy (non-hydrogen) atoms. The van der Waals surface area contributed by atoms with Crippen LogP contribution in [0.5, 0.6) is 0 Å². The SMILES string of the molecule is C/C=C/CCc1ccc(CC)c(F)c1. The van der Waals surface area contributed by atoms with Gasteiger partial charge in [-0.3, -0.25) is 0 Å². The van der Waals surface area contributed by atoms with E-state index < -0.39 is 0 Å². The number of hydrogen-bond acceptors (Lipinski definition) is 0. The van der Waals surface area contributed by atoms with Gasteiger partial charge in [0, 0.05) is 0 Å². The minimum absolute atomic E-state index is 0.0644. The Labute approximate surface area is 85.5 Å². The van der Waals surface area contributed by atoms with Gasteiger partial charge in [0.15, 0.2) is 0 Å². The van der Waals surface area contributed by atoms with Crippen molar-refractivity contribution in [1.29, 1.82) is 0 Å². The molecular weight excluding hydrogens is 175 g/mol. The summed E-state index contributed by atoms with van der Waals surface area (Å²) in [5.41, 5.74) is 1.89. The maximum Gasteiger partial charge on any atom is 0.126 e. The summed E-state index contributed by atoms with van der Waals surface area (Å²) in [7, 11) is 0. The maximum atomic E-state index is 13.3. The van der Waals surface area contributed by atoms with Gasteiger partial charge in [0.1, 0.15) is 5.82 Å². The fourth-order valence-electron chi connectivity index (χ4n) is 1.45. The summed E-state index contributed by atoms with van der Waals surface area (Å²) in [6, 6.07) is 5.56. The average molecular weight is 192 g/mol. The first-order chi connectivity index (χ1) is 6.77. The Kier molecular flexibility index (Phi) is 4.37. The van der Waals surface area contributed by atoms with Gasteiger partial charge in [-0.2, -0.15) is 0 Å². The van der Waals surface area contributed by atoms with Crippen molar-refractivity contribution >= 4 is 0 Å². The summed E-state index contributed by atoms with van der Waals surface area (Å²) in [5, 5.41) is 0. The van der Waals surface area contributed by atoms with Crippen LogP contribution >= 0.6 is 0 Å². The molecular formula is C13H17F. The molecule has 0 aliphatic rings. The molecule has 0 saturated heterocycles. The van der Waals surface area contributed by atoms with Gasteiger partial charge >= 0.3 is 0 Å². The van der Waals surface area contributed by atoms with Crippen molar-refractivity contribution in [3.63, 3.8) is 0 Å². The summed E-state index contributed by atoms with van der Waals surface area (Å²) < 4.78 is 13.3. The first-order valence-corrected chi connectivity index (χ1v) is 5.16. The molecule has 0 amide bonds. The summed E-state index contributed by atoms with van der Waals surface area (Å²) >= 11 is 0. The number of allylic oxidation sites excluding steroid dienone is 2. The molecule has 1 rings (SSSR count). The smallest absolute Gasteiger partial charge is 0.126 e. The Morgan fingerprint density at radius 2 is 2.14 bits per heavy atom. The van der Waals surface area contributed by atoms with E-state index in [1.54, 1.807) is 6.07 Å². The van der Waals surface area contributed by atoms with Gasteiger partial charge in [0.25, 0.3) is 0 Å². The van der Waals surface area contributed by atoms with E-state index in [4.69, 9.17) is 0 Å². The van der Waals surface area contributed by atoms with Crippen molar-refractivity contribution in [2.24, 2.45) is 0 Å². The molecule has 0 aromatic heterocycles. The van der Waals surface area contributed by atoms with E-state index in [-0.39, 0.29) is 5.82 Å². The lowest BCUT2D eigenvalue weighted by Gasteiger charge is -2.02. The zero-order valence-electron chi connectivity index (χ0n) is 8.89. The van der Waals surface area contributed by atoms with Crippen LogP contribution in [0, 0.1) is 5.82 Å². The highest BCUT2D eigenvalue weighted by Crippen LogP contribution is 2.12. The Morgan fingerprint density at radius 3 is 2.71 bits per heavy atom. The van der Waals surface area contributed by atoms with Crippen LogP contribution in [0.25, 0.3) is 0 Å². The molecule has 0 spiro atoms. The summed E-state index contributed by atoms with van der Waals surface area (Å²) in [6.07, 6.45) is 6.80. The Bertz CT molecular complexity index is 313. The standard InChI is InChI=1S/C13H17F/c1-3-5-6-7-11-8-9-12(4-2)13(14)10-11/h3,5,8-10H,4,6-7H2,1-2H3/b5-3+. The first-order valence-electron chi connectivity index (χ1n) is 5.16. The van der Waals surface area contributed by atoms with Crippen molar-refractivity contribution in [3.8, 4) is 0 Å². The van der Waals surface area contributed by atoms with Crippen LogP contribution in [-0.4, -0.2) is 0 Å². The topological polar surface area (TPSA) is 0 Å². The fourth-order valence-corrected chi connectivity index (χ4v) is 1.45. The van der Waals surface area contributed by atoms with Gasteiger partial charge in [-0.25, -0.2) is 4.39 Å². The zero-order chi connectivity index (χ0) is 10.4. The fraction of sp³-hybridized carbons (Fsp3) is 0.385. The predicted octanol–water partition coefficient (Wildman–Crippen LogP) is 3.90. The van der Waals surface area contributed by atoms with E-state index in [0.29, 0.717) is 0 Å². The molecule has 1 heteroatoms. The normalized spacial score (nSPS) is 11.1. The highest BCUT2D eigenvalue weighted by molar-refractivity contribution is 5.24. The van der Waals surface area contributed by atoms with Crippen LogP contribution < -0.4 is 0 Å². The third kappa shape index (κ3) is 2.99.